The standard InChI is InChI=1S/C21H23N3O3S/c1-14(21-22-16-7-3-4-8-17(16)23-21)28-13-20(25)24(2)11-15-12-26-18-9-5-6-10-19(18)27-15/h3-10,14-15H,11-13H2,1-2H3,(H,22,23). The molecule has 6 nitrogen and oxygen atoms in total. The molecule has 1 N–H and O–H groups in total. The number of ether oxygens (including phenoxy) is 2. The van der Waals surface area contributed by atoms with Crippen LogP contribution in [0.1, 0.15) is 18.0 Å². The third kappa shape index (κ3) is 4.09. The largest absolute Gasteiger partial charge is 0.486 e. The highest BCUT2D eigenvalue weighted by Crippen LogP contribution is 2.31. The number of hydrogen-bond acceptors (Lipinski definition) is 5. The highest BCUT2D eigenvalue weighted by Gasteiger charge is 2.24. The lowest BCUT2D eigenvalue weighted by Crippen LogP contribution is -2.42. The molecule has 0 aliphatic carbocycles. The number of aromatic nitrogens is 2. The number of hydrogen-bond donors (Lipinski definition) is 1. The SMILES string of the molecule is CC(SCC(=O)N(C)CC1COc2ccccc2O1)c1nc2ccccc2[nH]1. The van der Waals surface area contributed by atoms with Crippen molar-refractivity contribution >= 4 is 28.7 Å². The first kappa shape index (κ1) is 18.7. The molecule has 0 fully saturated rings. The normalized spacial score (nSPS) is 16.7. The first-order chi connectivity index (χ1) is 13.6. The smallest absolute Gasteiger partial charge is 0.232 e. The number of para-hydroxylation sites is 4. The van der Waals surface area contributed by atoms with Crippen LogP contribution >= 0.6 is 11.8 Å². The van der Waals surface area contributed by atoms with Crippen LogP contribution in [0.3, 0.4) is 0 Å². The van der Waals surface area contributed by atoms with Crippen molar-refractivity contribution in [1.82, 2.24) is 14.9 Å². The third-order valence-electron chi connectivity index (χ3n) is 4.72. The summed E-state index contributed by atoms with van der Waals surface area (Å²) >= 11 is 1.57. The van der Waals surface area contributed by atoms with E-state index in [1.807, 2.05) is 48.5 Å². The van der Waals surface area contributed by atoms with Crippen molar-refractivity contribution in [1.29, 1.82) is 0 Å². The van der Waals surface area contributed by atoms with Gasteiger partial charge < -0.3 is 19.4 Å². The third-order valence-corrected chi connectivity index (χ3v) is 5.86. The topological polar surface area (TPSA) is 67.5 Å². The van der Waals surface area contributed by atoms with E-state index in [0.717, 1.165) is 28.4 Å². The van der Waals surface area contributed by atoms with Crippen LogP contribution in [0.5, 0.6) is 11.5 Å². The number of carbonyl (C=O) groups is 1. The van der Waals surface area contributed by atoms with Crippen LogP contribution in [-0.4, -0.2) is 52.8 Å². The van der Waals surface area contributed by atoms with Crippen LogP contribution in [0.4, 0.5) is 0 Å². The summed E-state index contributed by atoms with van der Waals surface area (Å²) in [5.74, 6) is 2.83. The first-order valence-corrected chi connectivity index (χ1v) is 10.3. The van der Waals surface area contributed by atoms with Gasteiger partial charge in [0.1, 0.15) is 12.4 Å². The molecule has 0 bridgehead atoms. The zero-order valence-corrected chi connectivity index (χ0v) is 16.7. The number of aromatic amines is 1. The fraction of sp³-hybridized carbons (Fsp3) is 0.333. The zero-order valence-electron chi connectivity index (χ0n) is 15.9. The van der Waals surface area contributed by atoms with Gasteiger partial charge in [-0.25, -0.2) is 4.98 Å². The van der Waals surface area contributed by atoms with Crippen molar-refractivity contribution in [2.45, 2.75) is 18.3 Å². The Balaban J connectivity index is 1.28. The zero-order chi connectivity index (χ0) is 19.5. The van der Waals surface area contributed by atoms with Gasteiger partial charge in [-0.05, 0) is 31.2 Å². The maximum absolute atomic E-state index is 12.5. The van der Waals surface area contributed by atoms with Crippen LogP contribution in [-0.2, 0) is 4.79 Å². The average molecular weight is 398 g/mol. The monoisotopic (exact) mass is 397 g/mol. The van der Waals surface area contributed by atoms with E-state index in [2.05, 4.69) is 16.9 Å². The molecular weight excluding hydrogens is 374 g/mol. The highest BCUT2D eigenvalue weighted by molar-refractivity contribution is 8.00. The lowest BCUT2D eigenvalue weighted by molar-refractivity contribution is -0.128. The first-order valence-electron chi connectivity index (χ1n) is 9.29. The van der Waals surface area contributed by atoms with Gasteiger partial charge in [0.15, 0.2) is 17.6 Å². The molecule has 4 rings (SSSR count). The summed E-state index contributed by atoms with van der Waals surface area (Å²) in [7, 11) is 1.80. The van der Waals surface area contributed by atoms with E-state index in [1.54, 1.807) is 23.7 Å². The van der Waals surface area contributed by atoms with Crippen molar-refractivity contribution in [3.05, 3.63) is 54.4 Å². The molecule has 2 aromatic carbocycles. The molecule has 28 heavy (non-hydrogen) atoms. The number of thioether (sulfide) groups is 1. The second-order valence-corrected chi connectivity index (χ2v) is 8.19. The van der Waals surface area contributed by atoms with Crippen molar-refractivity contribution in [2.24, 2.45) is 0 Å². The van der Waals surface area contributed by atoms with Crippen LogP contribution in [0.2, 0.25) is 0 Å². The number of H-pyrrole nitrogens is 1. The summed E-state index contributed by atoms with van der Waals surface area (Å²) in [5, 5.41) is 0.103. The van der Waals surface area contributed by atoms with Gasteiger partial charge in [0, 0.05) is 7.05 Å². The summed E-state index contributed by atoms with van der Waals surface area (Å²) in [6.45, 7) is 2.99. The van der Waals surface area contributed by atoms with E-state index in [4.69, 9.17) is 9.47 Å². The summed E-state index contributed by atoms with van der Waals surface area (Å²) in [4.78, 5) is 22.2. The molecule has 1 amide bonds. The van der Waals surface area contributed by atoms with Crippen molar-refractivity contribution in [2.75, 3.05) is 26.0 Å². The maximum Gasteiger partial charge on any atom is 0.232 e. The quantitative estimate of drug-likeness (QED) is 0.688. The molecule has 146 valence electrons. The Bertz CT molecular complexity index is 941. The van der Waals surface area contributed by atoms with Crippen molar-refractivity contribution in [3.8, 4) is 11.5 Å². The Morgan fingerprint density at radius 1 is 1.25 bits per heavy atom. The van der Waals surface area contributed by atoms with Crippen LogP contribution in [0.25, 0.3) is 11.0 Å². The number of amides is 1. The molecular formula is C21H23N3O3S. The molecule has 3 aromatic rings. The van der Waals surface area contributed by atoms with Crippen LogP contribution in [0, 0.1) is 0 Å². The fourth-order valence-corrected chi connectivity index (χ4v) is 3.99. The summed E-state index contributed by atoms with van der Waals surface area (Å²) in [6, 6.07) is 15.5. The molecule has 2 unspecified atom stereocenters. The molecule has 0 saturated heterocycles. The van der Waals surface area contributed by atoms with Gasteiger partial charge in [0.05, 0.1) is 28.6 Å². The minimum atomic E-state index is -0.165. The molecule has 1 aliphatic heterocycles. The highest BCUT2D eigenvalue weighted by atomic mass is 32.2. The number of imidazole rings is 1. The number of fused-ring (bicyclic) bond motifs is 2. The Morgan fingerprint density at radius 2 is 2.00 bits per heavy atom. The van der Waals surface area contributed by atoms with Crippen LogP contribution < -0.4 is 9.47 Å². The van der Waals surface area contributed by atoms with Gasteiger partial charge in [-0.3, -0.25) is 4.79 Å². The van der Waals surface area contributed by atoms with Gasteiger partial charge in [-0.1, -0.05) is 24.3 Å². The van der Waals surface area contributed by atoms with E-state index in [-0.39, 0.29) is 17.3 Å². The Hall–Kier alpha value is -2.67. The number of benzene rings is 2. The molecule has 0 radical (unpaired) electrons. The Kier molecular flexibility index (Phi) is 5.43. The van der Waals surface area contributed by atoms with Gasteiger partial charge in [-0.2, -0.15) is 0 Å². The van der Waals surface area contributed by atoms with E-state index in [1.165, 1.54) is 0 Å². The minimum absolute atomic E-state index is 0.0652. The summed E-state index contributed by atoms with van der Waals surface area (Å²) in [5.41, 5.74) is 1.96. The number of likely N-dealkylation sites (N-methyl/N-ethyl adjacent to an activating group) is 1. The summed E-state index contributed by atoms with van der Waals surface area (Å²) in [6.07, 6.45) is -0.165. The molecule has 1 aliphatic rings. The predicted molar refractivity (Wildman–Crippen MR) is 111 cm³/mol. The van der Waals surface area contributed by atoms with Gasteiger partial charge in [0.2, 0.25) is 5.91 Å². The fourth-order valence-electron chi connectivity index (χ4n) is 3.11. The number of carbonyl (C=O) groups excluding carboxylic acids is 1. The van der Waals surface area contributed by atoms with Crippen molar-refractivity contribution in [3.63, 3.8) is 0 Å². The maximum atomic E-state index is 12.5. The number of nitrogens with one attached hydrogen (secondary N) is 1. The molecule has 7 heteroatoms. The Labute approximate surface area is 168 Å². The van der Waals surface area contributed by atoms with E-state index >= 15 is 0 Å². The number of rotatable bonds is 6. The second-order valence-electron chi connectivity index (χ2n) is 6.86. The van der Waals surface area contributed by atoms with E-state index in [0.29, 0.717) is 18.9 Å². The average Bonchev–Trinajstić information content (AvgIpc) is 3.16. The molecule has 2 heterocycles. The summed E-state index contributed by atoms with van der Waals surface area (Å²) < 4.78 is 11.7. The lowest BCUT2D eigenvalue weighted by Gasteiger charge is -2.29. The van der Waals surface area contributed by atoms with Crippen LogP contribution in [0.15, 0.2) is 48.5 Å². The van der Waals surface area contributed by atoms with E-state index < -0.39 is 0 Å². The number of nitrogens with zero attached hydrogens (tertiary/aromatic N) is 2. The molecule has 0 saturated carbocycles. The van der Waals surface area contributed by atoms with E-state index in [9.17, 15) is 4.79 Å². The minimum Gasteiger partial charge on any atom is -0.486 e. The lowest BCUT2D eigenvalue weighted by atomic mass is 10.2. The molecule has 0 spiro atoms. The Morgan fingerprint density at radius 3 is 2.82 bits per heavy atom. The molecule has 2 atom stereocenters. The van der Waals surface area contributed by atoms with Gasteiger partial charge in [0.25, 0.3) is 0 Å². The van der Waals surface area contributed by atoms with Crippen molar-refractivity contribution < 1.29 is 14.3 Å². The van der Waals surface area contributed by atoms with Gasteiger partial charge >= 0.3 is 0 Å². The van der Waals surface area contributed by atoms with Gasteiger partial charge in [-0.15, -0.1) is 11.8 Å². The second kappa shape index (κ2) is 8.14. The molecule has 1 aromatic heterocycles. The predicted octanol–water partition coefficient (Wildman–Crippen LogP) is 3.66.